The van der Waals surface area contributed by atoms with E-state index in [1.807, 2.05) is 84.0 Å². The monoisotopic (exact) mass is 500 g/mol. The van der Waals surface area contributed by atoms with Gasteiger partial charge < -0.3 is 9.47 Å². The lowest BCUT2D eigenvalue weighted by Gasteiger charge is -2.19. The van der Waals surface area contributed by atoms with Crippen LogP contribution in [0.4, 0.5) is 11.4 Å². The number of benzene rings is 4. The van der Waals surface area contributed by atoms with E-state index in [1.54, 1.807) is 7.11 Å². The van der Waals surface area contributed by atoms with Crippen molar-refractivity contribution >= 4 is 33.5 Å². The van der Waals surface area contributed by atoms with E-state index >= 15 is 0 Å². The summed E-state index contributed by atoms with van der Waals surface area (Å²) in [6.45, 7) is 2.54. The summed E-state index contributed by atoms with van der Waals surface area (Å²) in [5.74, 6) is 1.32. The Morgan fingerprint density at radius 2 is 1.42 bits per heavy atom. The van der Waals surface area contributed by atoms with Crippen LogP contribution in [0.15, 0.2) is 107 Å². The zero-order valence-corrected chi connectivity index (χ0v) is 20.2. The molecule has 0 aliphatic rings. The smallest absolute Gasteiger partial charge is 0.162 e. The average molecular weight is 501 g/mol. The lowest BCUT2D eigenvalue weighted by Crippen LogP contribution is -2.09. The average Bonchev–Trinajstić information content (AvgIpc) is 2.86. The van der Waals surface area contributed by atoms with Crippen molar-refractivity contribution in [3.05, 3.63) is 118 Å². The van der Waals surface area contributed by atoms with Crippen LogP contribution in [0.2, 0.25) is 0 Å². The van der Waals surface area contributed by atoms with Gasteiger partial charge in [0, 0.05) is 10.0 Å². The molecule has 0 radical (unpaired) electrons. The summed E-state index contributed by atoms with van der Waals surface area (Å²) in [6.07, 6.45) is 1.82. The highest BCUT2D eigenvalue weighted by Gasteiger charge is 2.12. The molecule has 33 heavy (non-hydrogen) atoms. The highest BCUT2D eigenvalue weighted by molar-refractivity contribution is 9.10. The van der Waals surface area contributed by atoms with Gasteiger partial charge >= 0.3 is 0 Å². The van der Waals surface area contributed by atoms with Gasteiger partial charge in [-0.25, -0.2) is 5.01 Å². The summed E-state index contributed by atoms with van der Waals surface area (Å²) < 4.78 is 12.5. The SMILES string of the molecule is COc1cc(/C=N/N(c2ccccc2)c2ccccc2)c(Br)cc1OCc1ccc(C)cc1. The Labute approximate surface area is 203 Å². The molecule has 4 aromatic rings. The molecule has 0 amide bonds. The van der Waals surface area contributed by atoms with Crippen molar-refractivity contribution < 1.29 is 9.47 Å². The van der Waals surface area contributed by atoms with Gasteiger partial charge in [0.1, 0.15) is 6.61 Å². The number of hydrogen-bond donors (Lipinski definition) is 0. The quantitative estimate of drug-likeness (QED) is 0.185. The van der Waals surface area contributed by atoms with E-state index in [1.165, 1.54) is 5.56 Å². The maximum absolute atomic E-state index is 6.04. The topological polar surface area (TPSA) is 34.1 Å². The highest BCUT2D eigenvalue weighted by Crippen LogP contribution is 2.34. The molecule has 0 bridgehead atoms. The summed E-state index contributed by atoms with van der Waals surface area (Å²) in [5.41, 5.74) is 5.15. The third-order valence-corrected chi connectivity index (χ3v) is 5.80. The van der Waals surface area contributed by atoms with E-state index in [4.69, 9.17) is 14.6 Å². The van der Waals surface area contributed by atoms with Crippen LogP contribution in [-0.4, -0.2) is 13.3 Å². The Morgan fingerprint density at radius 1 is 0.818 bits per heavy atom. The molecule has 0 heterocycles. The van der Waals surface area contributed by atoms with Crippen LogP contribution in [0.1, 0.15) is 16.7 Å². The Bertz CT molecular complexity index is 1170. The predicted molar refractivity (Wildman–Crippen MR) is 139 cm³/mol. The first kappa shape index (κ1) is 22.6. The van der Waals surface area contributed by atoms with Gasteiger partial charge in [-0.3, -0.25) is 0 Å². The molecule has 0 saturated carbocycles. The van der Waals surface area contributed by atoms with E-state index in [2.05, 4.69) is 47.1 Å². The maximum atomic E-state index is 6.04. The summed E-state index contributed by atoms with van der Waals surface area (Å²) in [4.78, 5) is 0. The number of aryl methyl sites for hydroxylation is 1. The molecule has 0 N–H and O–H groups in total. The third kappa shape index (κ3) is 5.82. The van der Waals surface area contributed by atoms with Crippen LogP contribution in [0.3, 0.4) is 0 Å². The number of methoxy groups -OCH3 is 1. The summed E-state index contributed by atoms with van der Waals surface area (Å²) in [6, 6.07) is 32.2. The Morgan fingerprint density at radius 3 is 2.00 bits per heavy atom. The molecule has 0 spiro atoms. The number of rotatable bonds is 8. The van der Waals surface area contributed by atoms with Crippen LogP contribution < -0.4 is 14.5 Å². The molecule has 4 rings (SSSR count). The fourth-order valence-corrected chi connectivity index (χ4v) is 3.73. The molecule has 0 atom stereocenters. The third-order valence-electron chi connectivity index (χ3n) is 5.11. The van der Waals surface area contributed by atoms with Crippen molar-refractivity contribution in [3.63, 3.8) is 0 Å². The van der Waals surface area contributed by atoms with Gasteiger partial charge in [-0.15, -0.1) is 0 Å². The number of nitrogens with zero attached hydrogens (tertiary/aromatic N) is 2. The molecule has 0 aliphatic heterocycles. The first-order valence-corrected chi connectivity index (χ1v) is 11.4. The Balaban J connectivity index is 1.59. The number of anilines is 2. The molecule has 166 valence electrons. The molecule has 0 aromatic heterocycles. The number of para-hydroxylation sites is 2. The maximum Gasteiger partial charge on any atom is 0.162 e. The van der Waals surface area contributed by atoms with Crippen molar-refractivity contribution in [1.82, 2.24) is 0 Å². The van der Waals surface area contributed by atoms with Crippen molar-refractivity contribution in [3.8, 4) is 11.5 Å². The molecular weight excluding hydrogens is 476 g/mol. The normalized spacial score (nSPS) is 10.9. The summed E-state index contributed by atoms with van der Waals surface area (Å²) in [7, 11) is 1.64. The number of halogens is 1. The lowest BCUT2D eigenvalue weighted by molar-refractivity contribution is 0.284. The minimum atomic E-state index is 0.465. The summed E-state index contributed by atoms with van der Waals surface area (Å²) in [5, 5.41) is 6.69. The second kappa shape index (κ2) is 10.8. The van der Waals surface area contributed by atoms with E-state index < -0.39 is 0 Å². The molecule has 4 nitrogen and oxygen atoms in total. The minimum absolute atomic E-state index is 0.465. The molecule has 0 fully saturated rings. The van der Waals surface area contributed by atoms with Crippen LogP contribution in [0.25, 0.3) is 0 Å². The number of ether oxygens (including phenoxy) is 2. The molecule has 0 aliphatic carbocycles. The van der Waals surface area contributed by atoms with Crippen LogP contribution >= 0.6 is 15.9 Å². The zero-order valence-electron chi connectivity index (χ0n) is 18.6. The Kier molecular flexibility index (Phi) is 7.43. The predicted octanol–water partition coefficient (Wildman–Crippen LogP) is 7.52. The molecule has 4 aromatic carbocycles. The molecule has 5 heteroatoms. The van der Waals surface area contributed by atoms with Gasteiger partial charge in [-0.05, 0) is 64.8 Å². The van der Waals surface area contributed by atoms with Crippen molar-refractivity contribution in [1.29, 1.82) is 0 Å². The van der Waals surface area contributed by atoms with Crippen LogP contribution in [0, 0.1) is 6.92 Å². The zero-order chi connectivity index (χ0) is 23.0. The van der Waals surface area contributed by atoms with Gasteiger partial charge in [-0.2, -0.15) is 5.10 Å². The molecule has 0 saturated heterocycles. The lowest BCUT2D eigenvalue weighted by atomic mass is 10.2. The molecular formula is C28H25BrN2O2. The van der Waals surface area contributed by atoms with Gasteiger partial charge in [0.2, 0.25) is 0 Å². The second-order valence-electron chi connectivity index (χ2n) is 7.53. The standard InChI is InChI=1S/C28H25BrN2O2/c1-21-13-15-22(16-14-21)20-33-28-18-26(29)23(17-27(28)32-2)19-30-31(24-9-5-3-6-10-24)25-11-7-4-8-12-25/h3-19H,20H2,1-2H3/b30-19+. The van der Waals surface area contributed by atoms with Gasteiger partial charge in [0.15, 0.2) is 11.5 Å². The second-order valence-corrected chi connectivity index (χ2v) is 8.38. The number of hydrogen-bond acceptors (Lipinski definition) is 4. The fourth-order valence-electron chi connectivity index (χ4n) is 3.31. The van der Waals surface area contributed by atoms with Crippen molar-refractivity contribution in [2.24, 2.45) is 5.10 Å². The van der Waals surface area contributed by atoms with E-state index in [0.717, 1.165) is 27.0 Å². The first-order valence-electron chi connectivity index (χ1n) is 10.6. The van der Waals surface area contributed by atoms with Crippen molar-refractivity contribution in [2.75, 3.05) is 12.1 Å². The van der Waals surface area contributed by atoms with E-state index in [9.17, 15) is 0 Å². The van der Waals surface area contributed by atoms with E-state index in [0.29, 0.717) is 18.1 Å². The first-order chi connectivity index (χ1) is 16.1. The van der Waals surface area contributed by atoms with Gasteiger partial charge in [-0.1, -0.05) is 66.2 Å². The largest absolute Gasteiger partial charge is 0.493 e. The summed E-state index contributed by atoms with van der Waals surface area (Å²) >= 11 is 3.66. The van der Waals surface area contributed by atoms with E-state index in [-0.39, 0.29) is 0 Å². The highest BCUT2D eigenvalue weighted by atomic mass is 79.9. The minimum Gasteiger partial charge on any atom is -0.493 e. The number of hydrazone groups is 1. The Hall–Kier alpha value is -3.57. The van der Waals surface area contributed by atoms with Gasteiger partial charge in [0.25, 0.3) is 0 Å². The van der Waals surface area contributed by atoms with Gasteiger partial charge in [0.05, 0.1) is 24.7 Å². The fraction of sp³-hybridized carbons (Fsp3) is 0.107. The van der Waals surface area contributed by atoms with Crippen LogP contribution in [-0.2, 0) is 6.61 Å². The van der Waals surface area contributed by atoms with Crippen molar-refractivity contribution in [2.45, 2.75) is 13.5 Å². The molecule has 0 unspecified atom stereocenters. The van der Waals surface area contributed by atoms with Crippen LogP contribution in [0.5, 0.6) is 11.5 Å².